The summed E-state index contributed by atoms with van der Waals surface area (Å²) in [5.41, 5.74) is 7.12. The maximum atomic E-state index is 13.4. The highest BCUT2D eigenvalue weighted by Crippen LogP contribution is 2.24. The van der Waals surface area contributed by atoms with Crippen molar-refractivity contribution >= 4 is 38.5 Å². The third-order valence-electron chi connectivity index (χ3n) is 7.01. The molecule has 42 heavy (non-hydrogen) atoms. The number of nitrogen functional groups attached to an aromatic ring is 1. The van der Waals surface area contributed by atoms with Crippen molar-refractivity contribution in [3.63, 3.8) is 0 Å². The number of fused-ring (bicyclic) bond motifs is 1. The van der Waals surface area contributed by atoms with Crippen molar-refractivity contribution in [2.75, 3.05) is 32.5 Å². The first-order valence-electron chi connectivity index (χ1n) is 14.1. The van der Waals surface area contributed by atoms with Crippen LogP contribution in [0, 0.1) is 5.92 Å². The van der Waals surface area contributed by atoms with Crippen molar-refractivity contribution in [2.45, 2.75) is 56.5 Å². The minimum absolute atomic E-state index is 0.0443. The van der Waals surface area contributed by atoms with Gasteiger partial charge in [0.15, 0.2) is 0 Å². The molecule has 3 aromatic rings. The van der Waals surface area contributed by atoms with Crippen LogP contribution < -0.4 is 16.4 Å². The van der Waals surface area contributed by atoms with Gasteiger partial charge in [-0.2, -0.15) is 4.31 Å². The van der Waals surface area contributed by atoms with E-state index in [1.807, 2.05) is 56.3 Å². The molecule has 3 aromatic carbocycles. The summed E-state index contributed by atoms with van der Waals surface area (Å²) in [6, 6.07) is 18.2. The number of nitrogens with two attached hydrogens (primary N) is 1. The van der Waals surface area contributed by atoms with Gasteiger partial charge in [0.25, 0.3) is 0 Å². The van der Waals surface area contributed by atoms with E-state index in [0.717, 1.165) is 16.3 Å². The molecule has 11 heteroatoms. The van der Waals surface area contributed by atoms with Gasteiger partial charge >= 0.3 is 6.09 Å². The topological polar surface area (TPSA) is 151 Å². The van der Waals surface area contributed by atoms with Crippen LogP contribution >= 0.6 is 0 Å². The van der Waals surface area contributed by atoms with Crippen molar-refractivity contribution in [1.82, 2.24) is 14.9 Å². The summed E-state index contributed by atoms with van der Waals surface area (Å²) >= 11 is 0. The smallest absolute Gasteiger partial charge is 0.407 e. The van der Waals surface area contributed by atoms with E-state index in [9.17, 15) is 23.1 Å². The molecule has 0 aliphatic carbocycles. The van der Waals surface area contributed by atoms with Gasteiger partial charge in [0, 0.05) is 31.2 Å². The van der Waals surface area contributed by atoms with E-state index >= 15 is 0 Å². The van der Waals surface area contributed by atoms with E-state index in [0.29, 0.717) is 31.5 Å². The molecule has 0 saturated heterocycles. The zero-order chi connectivity index (χ0) is 30.7. The second-order valence-corrected chi connectivity index (χ2v) is 12.6. The zero-order valence-electron chi connectivity index (χ0n) is 24.5. The maximum Gasteiger partial charge on any atom is 0.407 e. The molecule has 0 aliphatic rings. The van der Waals surface area contributed by atoms with E-state index in [4.69, 9.17) is 10.5 Å². The Balaban J connectivity index is 1.61. The summed E-state index contributed by atoms with van der Waals surface area (Å²) in [5, 5.41) is 17.7. The number of benzene rings is 3. The first kappa shape index (κ1) is 32.8. The monoisotopic (exact) mass is 598 g/mol. The Kier molecular flexibility index (Phi) is 12.1. The lowest BCUT2D eigenvalue weighted by molar-refractivity contribution is -0.123. The number of carbonyl (C=O) groups excluding carboxylic acids is 2. The predicted molar refractivity (Wildman–Crippen MR) is 164 cm³/mol. The van der Waals surface area contributed by atoms with Crippen molar-refractivity contribution in [3.05, 3.63) is 72.3 Å². The Morgan fingerprint density at radius 2 is 1.69 bits per heavy atom. The van der Waals surface area contributed by atoms with Crippen LogP contribution in [0.4, 0.5) is 10.5 Å². The van der Waals surface area contributed by atoms with Gasteiger partial charge in [0.1, 0.15) is 6.04 Å². The number of aliphatic hydroxyl groups is 1. The first-order chi connectivity index (χ1) is 20.1. The number of unbranched alkanes of at least 4 members (excludes halogenated alkanes) is 1. The number of hydrogen-bond donors (Lipinski definition) is 4. The van der Waals surface area contributed by atoms with Crippen LogP contribution in [-0.2, 0) is 26.0 Å². The number of ether oxygens (including phenoxy) is 1. The van der Waals surface area contributed by atoms with E-state index in [1.54, 1.807) is 12.1 Å². The molecule has 0 fully saturated rings. The van der Waals surface area contributed by atoms with Crippen molar-refractivity contribution in [1.29, 1.82) is 0 Å². The molecule has 10 nitrogen and oxygen atoms in total. The average molecular weight is 599 g/mol. The predicted octanol–water partition coefficient (Wildman–Crippen LogP) is 3.68. The molecule has 2 atom stereocenters. The first-order valence-corrected chi connectivity index (χ1v) is 15.6. The molecule has 0 aromatic heterocycles. The number of hydrogen-bond acceptors (Lipinski definition) is 7. The number of nitrogens with one attached hydrogen (secondary N) is 2. The Hall–Kier alpha value is -3.67. The van der Waals surface area contributed by atoms with Crippen molar-refractivity contribution in [2.24, 2.45) is 5.92 Å². The lowest BCUT2D eigenvalue weighted by Gasteiger charge is -2.31. The fourth-order valence-corrected chi connectivity index (χ4v) is 6.66. The molecular weight excluding hydrogens is 556 g/mol. The van der Waals surface area contributed by atoms with E-state index in [2.05, 4.69) is 10.6 Å². The van der Waals surface area contributed by atoms with E-state index < -0.39 is 28.2 Å². The highest BCUT2D eigenvalue weighted by Gasteiger charge is 2.31. The number of alkyl carbamates (subject to hydrolysis) is 1. The van der Waals surface area contributed by atoms with Crippen LogP contribution in [0.2, 0.25) is 0 Å². The van der Waals surface area contributed by atoms with Gasteiger partial charge in [0.2, 0.25) is 15.9 Å². The van der Waals surface area contributed by atoms with Crippen LogP contribution in [0.1, 0.15) is 38.7 Å². The minimum Gasteiger partial charge on any atom is -0.453 e. The highest BCUT2D eigenvalue weighted by molar-refractivity contribution is 7.89. The number of amides is 2. The Labute approximate surface area is 248 Å². The molecular formula is C31H42N4O6S. The normalized spacial score (nSPS) is 13.2. The summed E-state index contributed by atoms with van der Waals surface area (Å²) < 4.78 is 33.0. The summed E-state index contributed by atoms with van der Waals surface area (Å²) in [4.78, 5) is 25.2. The fraction of sp³-hybridized carbons (Fsp3) is 0.419. The summed E-state index contributed by atoms with van der Waals surface area (Å²) in [6.45, 7) is 4.09. The SMILES string of the molecule is COC(=O)N[C@@H](Cc1cccc2ccccc12)C(=O)NCCCC[C@@H](CO)N(CC(C)C)S(=O)(=O)c1ccc(N)cc1. The molecule has 3 rings (SSSR count). The lowest BCUT2D eigenvalue weighted by atomic mass is 9.98. The summed E-state index contributed by atoms with van der Waals surface area (Å²) in [6.07, 6.45) is 1.11. The molecule has 5 N–H and O–H groups in total. The lowest BCUT2D eigenvalue weighted by Crippen LogP contribution is -2.48. The quantitative estimate of drug-likeness (QED) is 0.154. The number of nitrogens with zero attached hydrogens (tertiary/aromatic N) is 1. The molecule has 0 radical (unpaired) electrons. The van der Waals surface area contributed by atoms with Gasteiger partial charge in [-0.15, -0.1) is 0 Å². The zero-order valence-corrected chi connectivity index (χ0v) is 25.3. The number of methoxy groups -OCH3 is 1. The molecule has 0 heterocycles. The molecule has 0 unspecified atom stereocenters. The summed E-state index contributed by atoms with van der Waals surface area (Å²) in [7, 11) is -2.61. The Morgan fingerprint density at radius 3 is 2.36 bits per heavy atom. The van der Waals surface area contributed by atoms with Crippen LogP contribution in [0.25, 0.3) is 10.8 Å². The minimum atomic E-state index is -3.86. The molecule has 0 bridgehead atoms. The van der Waals surface area contributed by atoms with Gasteiger partial charge in [-0.1, -0.05) is 62.7 Å². The van der Waals surface area contributed by atoms with Crippen molar-refractivity contribution < 1.29 is 27.9 Å². The van der Waals surface area contributed by atoms with Gasteiger partial charge in [-0.05, 0) is 59.4 Å². The Morgan fingerprint density at radius 1 is 1.00 bits per heavy atom. The molecule has 228 valence electrons. The highest BCUT2D eigenvalue weighted by atomic mass is 32.2. The van der Waals surface area contributed by atoms with Gasteiger partial charge in [-0.3, -0.25) is 4.79 Å². The second-order valence-electron chi connectivity index (χ2n) is 10.7. The van der Waals surface area contributed by atoms with Crippen LogP contribution in [0.3, 0.4) is 0 Å². The van der Waals surface area contributed by atoms with Gasteiger partial charge in [0.05, 0.1) is 18.6 Å². The number of rotatable bonds is 15. The average Bonchev–Trinajstić information content (AvgIpc) is 2.97. The third-order valence-corrected chi connectivity index (χ3v) is 8.94. The molecule has 0 spiro atoms. The summed E-state index contributed by atoms with van der Waals surface area (Å²) in [5.74, 6) is -0.303. The number of anilines is 1. The molecule has 2 amide bonds. The van der Waals surface area contributed by atoms with Gasteiger partial charge in [-0.25, -0.2) is 13.2 Å². The van der Waals surface area contributed by atoms with E-state index in [1.165, 1.54) is 23.5 Å². The number of aliphatic hydroxyl groups excluding tert-OH is 1. The van der Waals surface area contributed by atoms with Crippen molar-refractivity contribution in [3.8, 4) is 0 Å². The molecule has 0 aliphatic heterocycles. The third kappa shape index (κ3) is 8.91. The number of sulfonamides is 1. The Bertz CT molecular complexity index is 1420. The largest absolute Gasteiger partial charge is 0.453 e. The van der Waals surface area contributed by atoms with Crippen LogP contribution in [0.15, 0.2) is 71.6 Å². The van der Waals surface area contributed by atoms with Gasteiger partial charge < -0.3 is 26.2 Å². The molecule has 0 saturated carbocycles. The second kappa shape index (κ2) is 15.5. The standard InChI is InChI=1S/C31H42N4O6S/c1-22(2)20-35(42(39,40)27-16-14-25(32)15-17-27)26(21-36)12-6-7-18-33-30(37)29(34-31(38)41-3)19-24-11-8-10-23-9-4-5-13-28(23)24/h4-5,8-11,13-17,22,26,29,36H,6-7,12,18-21,32H2,1-3H3,(H,33,37)(H,34,38)/t26-,29-/m0/s1. The maximum absolute atomic E-state index is 13.4. The van der Waals surface area contributed by atoms with E-state index in [-0.39, 0.29) is 36.3 Å². The fourth-order valence-electron chi connectivity index (χ4n) is 4.85. The number of carbonyl (C=O) groups is 2. The van der Waals surface area contributed by atoms with Crippen LogP contribution in [0.5, 0.6) is 0 Å². The van der Waals surface area contributed by atoms with Crippen LogP contribution in [-0.4, -0.2) is 68.7 Å².